The lowest BCUT2D eigenvalue weighted by Gasteiger charge is -2.33. The Labute approximate surface area is 202 Å². The van der Waals surface area contributed by atoms with Gasteiger partial charge in [-0.3, -0.25) is 4.68 Å². The van der Waals surface area contributed by atoms with Crippen molar-refractivity contribution >= 4 is 11.0 Å². The van der Waals surface area contributed by atoms with E-state index in [1.807, 2.05) is 30.8 Å². The average molecular weight is 476 g/mol. The summed E-state index contributed by atoms with van der Waals surface area (Å²) in [5, 5.41) is 4.54. The number of hydrogen-bond acceptors (Lipinski definition) is 5. The Morgan fingerprint density at radius 2 is 1.80 bits per heavy atom. The Bertz CT molecular complexity index is 1430. The van der Waals surface area contributed by atoms with Gasteiger partial charge in [-0.05, 0) is 64.7 Å². The van der Waals surface area contributed by atoms with Crippen LogP contribution in [0.25, 0.3) is 22.3 Å². The van der Waals surface area contributed by atoms with Gasteiger partial charge in [0, 0.05) is 35.0 Å². The molecular formula is C27H27F2N5O. The van der Waals surface area contributed by atoms with Gasteiger partial charge in [0.1, 0.15) is 22.8 Å². The van der Waals surface area contributed by atoms with Crippen LogP contribution in [0.1, 0.15) is 73.3 Å². The molecule has 0 amide bonds. The number of ether oxygens (including phenoxy) is 1. The molecule has 1 aromatic carbocycles. The fraction of sp³-hybridized carbons (Fsp3) is 0.407. The molecule has 0 bridgehead atoms. The van der Waals surface area contributed by atoms with Gasteiger partial charge in [0.15, 0.2) is 0 Å². The van der Waals surface area contributed by atoms with E-state index in [2.05, 4.69) is 23.2 Å². The molecule has 2 fully saturated rings. The van der Waals surface area contributed by atoms with Gasteiger partial charge in [-0.15, -0.1) is 0 Å². The third kappa shape index (κ3) is 4.20. The van der Waals surface area contributed by atoms with Crippen molar-refractivity contribution in [3.8, 4) is 11.3 Å². The monoisotopic (exact) mass is 475 g/mol. The zero-order valence-electron chi connectivity index (χ0n) is 20.0. The maximum atomic E-state index is 14.9. The second-order valence-corrected chi connectivity index (χ2v) is 9.87. The fourth-order valence-electron chi connectivity index (χ4n) is 4.99. The minimum atomic E-state index is -0.665. The zero-order valence-corrected chi connectivity index (χ0v) is 20.0. The minimum Gasteiger partial charge on any atom is -0.370 e. The largest absolute Gasteiger partial charge is 0.370 e. The highest BCUT2D eigenvalue weighted by molar-refractivity contribution is 5.89. The first kappa shape index (κ1) is 22.2. The number of pyridine rings is 1. The third-order valence-electron chi connectivity index (χ3n) is 7.11. The summed E-state index contributed by atoms with van der Waals surface area (Å²) in [6.45, 7) is 5.84. The molecule has 0 unspecified atom stereocenters. The van der Waals surface area contributed by atoms with Crippen LogP contribution >= 0.6 is 0 Å². The number of aromatic nitrogens is 5. The van der Waals surface area contributed by atoms with E-state index < -0.39 is 11.6 Å². The van der Waals surface area contributed by atoms with E-state index in [1.54, 1.807) is 0 Å². The first-order valence-electron chi connectivity index (χ1n) is 12.2. The van der Waals surface area contributed by atoms with E-state index in [-0.39, 0.29) is 23.7 Å². The Kier molecular flexibility index (Phi) is 5.36. The lowest BCUT2D eigenvalue weighted by molar-refractivity contribution is -0.0506. The van der Waals surface area contributed by atoms with Gasteiger partial charge in [0.2, 0.25) is 0 Å². The highest BCUT2D eigenvalue weighted by Crippen LogP contribution is 2.42. The number of fused-ring (bicyclic) bond motifs is 1. The highest BCUT2D eigenvalue weighted by atomic mass is 19.1. The third-order valence-corrected chi connectivity index (χ3v) is 7.11. The summed E-state index contributed by atoms with van der Waals surface area (Å²) >= 11 is 0. The molecule has 4 heterocycles. The van der Waals surface area contributed by atoms with E-state index in [0.717, 1.165) is 41.6 Å². The first-order chi connectivity index (χ1) is 16.9. The number of halogens is 2. The Balaban J connectivity index is 1.43. The van der Waals surface area contributed by atoms with E-state index in [4.69, 9.17) is 14.7 Å². The molecule has 1 saturated heterocycles. The van der Waals surface area contributed by atoms with Crippen LogP contribution in [0.15, 0.2) is 36.7 Å². The summed E-state index contributed by atoms with van der Waals surface area (Å²) < 4.78 is 36.9. The molecule has 3 aromatic heterocycles. The number of rotatable bonds is 4. The van der Waals surface area contributed by atoms with Crippen LogP contribution in [0.4, 0.5) is 8.78 Å². The van der Waals surface area contributed by atoms with E-state index in [1.165, 1.54) is 25.0 Å². The van der Waals surface area contributed by atoms with Crippen molar-refractivity contribution in [1.82, 2.24) is 24.7 Å². The molecule has 1 aliphatic heterocycles. The van der Waals surface area contributed by atoms with Crippen molar-refractivity contribution in [3.05, 3.63) is 70.9 Å². The molecular weight excluding hydrogens is 448 g/mol. The summed E-state index contributed by atoms with van der Waals surface area (Å²) in [6.07, 6.45) is 7.82. The molecule has 3 atom stereocenters. The van der Waals surface area contributed by atoms with Crippen molar-refractivity contribution < 1.29 is 13.5 Å². The van der Waals surface area contributed by atoms with Crippen LogP contribution in [0.5, 0.6) is 0 Å². The van der Waals surface area contributed by atoms with Crippen LogP contribution in [-0.4, -0.2) is 30.8 Å². The maximum absolute atomic E-state index is 14.9. The van der Waals surface area contributed by atoms with Gasteiger partial charge in [-0.2, -0.15) is 5.10 Å². The van der Waals surface area contributed by atoms with E-state index in [9.17, 15) is 8.78 Å². The standard InChI is InChI=1S/C27H27F2N5O/c1-14-8-17(9-25(35-14)18-12-30-34(13-18)20-5-6-20)23-11-24-27(32-16(3)15(2)31-24)26(33-23)21-7-4-19(28)10-22(21)29/h4,7,10-14,17,20,25H,5-6,8-9H2,1-3H3/t14-,17-,25-/m1/s1. The number of benzene rings is 1. The molecule has 180 valence electrons. The maximum Gasteiger partial charge on any atom is 0.135 e. The van der Waals surface area contributed by atoms with Gasteiger partial charge in [0.25, 0.3) is 0 Å². The molecule has 2 aliphatic rings. The van der Waals surface area contributed by atoms with Gasteiger partial charge < -0.3 is 4.74 Å². The molecule has 8 heteroatoms. The minimum absolute atomic E-state index is 0.0253. The molecule has 0 N–H and O–H groups in total. The van der Waals surface area contributed by atoms with Crippen molar-refractivity contribution in [2.45, 2.75) is 70.6 Å². The average Bonchev–Trinajstić information content (AvgIpc) is 3.55. The second kappa shape index (κ2) is 8.45. The molecule has 35 heavy (non-hydrogen) atoms. The Morgan fingerprint density at radius 3 is 2.57 bits per heavy atom. The first-order valence-corrected chi connectivity index (χ1v) is 12.2. The van der Waals surface area contributed by atoms with Gasteiger partial charge in [0.05, 0.1) is 41.4 Å². The van der Waals surface area contributed by atoms with E-state index in [0.29, 0.717) is 22.8 Å². The summed E-state index contributed by atoms with van der Waals surface area (Å²) in [5.74, 6) is -1.21. The molecule has 6 nitrogen and oxygen atoms in total. The normalized spacial score (nSPS) is 22.6. The topological polar surface area (TPSA) is 65.7 Å². The molecule has 6 rings (SSSR count). The highest BCUT2D eigenvalue weighted by Gasteiger charge is 2.33. The summed E-state index contributed by atoms with van der Waals surface area (Å²) in [7, 11) is 0. The van der Waals surface area contributed by atoms with Gasteiger partial charge in [-0.25, -0.2) is 23.7 Å². The Hall–Kier alpha value is -3.26. The lowest BCUT2D eigenvalue weighted by atomic mass is 9.87. The van der Waals surface area contributed by atoms with Crippen molar-refractivity contribution in [2.75, 3.05) is 0 Å². The van der Waals surface area contributed by atoms with E-state index >= 15 is 0 Å². The zero-order chi connectivity index (χ0) is 24.3. The van der Waals surface area contributed by atoms with Crippen molar-refractivity contribution in [2.24, 2.45) is 0 Å². The van der Waals surface area contributed by atoms with Gasteiger partial charge in [-0.1, -0.05) is 0 Å². The van der Waals surface area contributed by atoms with Crippen LogP contribution in [0.3, 0.4) is 0 Å². The fourth-order valence-corrected chi connectivity index (χ4v) is 4.99. The molecule has 1 aliphatic carbocycles. The summed E-state index contributed by atoms with van der Waals surface area (Å²) in [4.78, 5) is 14.3. The number of nitrogens with zero attached hydrogens (tertiary/aromatic N) is 5. The van der Waals surface area contributed by atoms with Gasteiger partial charge >= 0.3 is 0 Å². The van der Waals surface area contributed by atoms with Crippen molar-refractivity contribution in [1.29, 1.82) is 0 Å². The predicted molar refractivity (Wildman–Crippen MR) is 128 cm³/mol. The number of aryl methyl sites for hydroxylation is 2. The molecule has 4 aromatic rings. The summed E-state index contributed by atoms with van der Waals surface area (Å²) in [6, 6.07) is 6.04. The summed E-state index contributed by atoms with van der Waals surface area (Å²) in [5.41, 5.74) is 5.25. The molecule has 1 saturated carbocycles. The SMILES string of the molecule is Cc1nc2cc([C@@H]3C[C@@H](C)O[C@@H](c4cnn(C5CC5)c4)C3)nc(-c3ccc(F)cc3F)c2nc1C. The lowest BCUT2D eigenvalue weighted by Crippen LogP contribution is -2.25. The van der Waals surface area contributed by atoms with Crippen LogP contribution in [0, 0.1) is 25.5 Å². The Morgan fingerprint density at radius 1 is 1.00 bits per heavy atom. The predicted octanol–water partition coefficient (Wildman–Crippen LogP) is 6.14. The van der Waals surface area contributed by atoms with Crippen LogP contribution in [0.2, 0.25) is 0 Å². The smallest absolute Gasteiger partial charge is 0.135 e. The van der Waals surface area contributed by atoms with Crippen LogP contribution < -0.4 is 0 Å². The van der Waals surface area contributed by atoms with Crippen LogP contribution in [-0.2, 0) is 4.74 Å². The molecule has 0 spiro atoms. The quantitative estimate of drug-likeness (QED) is 0.355. The second-order valence-electron chi connectivity index (χ2n) is 9.87. The van der Waals surface area contributed by atoms with Crippen molar-refractivity contribution in [3.63, 3.8) is 0 Å². The molecule has 0 radical (unpaired) electrons. The number of hydrogen-bond donors (Lipinski definition) is 0.